The maximum absolute atomic E-state index is 5.70. The molecule has 120 valence electrons. The highest BCUT2D eigenvalue weighted by atomic mass is 16.7. The zero-order valence-electron chi connectivity index (χ0n) is 13.7. The summed E-state index contributed by atoms with van der Waals surface area (Å²) in [6.07, 6.45) is 1.54. The van der Waals surface area contributed by atoms with Crippen molar-refractivity contribution in [3.05, 3.63) is 47.3 Å². The summed E-state index contributed by atoms with van der Waals surface area (Å²) in [4.78, 5) is 0. The first-order chi connectivity index (χ1) is 11.0. The average Bonchev–Trinajstić information content (AvgIpc) is 2.96. The van der Waals surface area contributed by atoms with Crippen LogP contribution < -0.4 is 0 Å². The number of aromatic nitrogens is 3. The zero-order chi connectivity index (χ0) is 16.3. The number of hydrogen-bond acceptors (Lipinski definition) is 4. The lowest BCUT2D eigenvalue weighted by Crippen LogP contribution is -2.39. The van der Waals surface area contributed by atoms with Crippen LogP contribution in [0.4, 0.5) is 0 Å². The lowest BCUT2D eigenvalue weighted by atomic mass is 9.96. The van der Waals surface area contributed by atoms with Gasteiger partial charge in [-0.1, -0.05) is 42.7 Å². The Kier molecular flexibility index (Phi) is 4.46. The van der Waals surface area contributed by atoms with Gasteiger partial charge in [-0.15, -0.1) is 5.10 Å². The van der Waals surface area contributed by atoms with Crippen molar-refractivity contribution in [1.82, 2.24) is 15.0 Å². The fourth-order valence-electron chi connectivity index (χ4n) is 2.20. The molecule has 0 radical (unpaired) electrons. The molecule has 0 spiro atoms. The van der Waals surface area contributed by atoms with Gasteiger partial charge in [-0.25, -0.2) is 4.68 Å². The van der Waals surface area contributed by atoms with Crippen molar-refractivity contribution in [3.63, 3.8) is 0 Å². The predicted octanol–water partition coefficient (Wildman–Crippen LogP) is 2.39. The van der Waals surface area contributed by atoms with Gasteiger partial charge >= 0.3 is 0 Å². The normalized spacial score (nSPS) is 17.5. The van der Waals surface area contributed by atoms with Gasteiger partial charge in [0.05, 0.1) is 26.0 Å². The molecule has 1 fully saturated rings. The van der Waals surface area contributed by atoms with Crippen molar-refractivity contribution in [3.8, 4) is 11.8 Å². The molecular weight excluding hydrogens is 290 g/mol. The maximum atomic E-state index is 5.70. The molecule has 5 heteroatoms. The second-order valence-corrected chi connectivity index (χ2v) is 6.66. The first kappa shape index (κ1) is 15.7. The largest absolute Gasteiger partial charge is 0.350 e. The van der Waals surface area contributed by atoms with Gasteiger partial charge in [0.15, 0.2) is 12.0 Å². The molecule has 23 heavy (non-hydrogen) atoms. The van der Waals surface area contributed by atoms with Gasteiger partial charge in [0.1, 0.15) is 0 Å². The Hall–Kier alpha value is -2.16. The van der Waals surface area contributed by atoms with Crippen LogP contribution in [0.15, 0.2) is 30.5 Å². The topological polar surface area (TPSA) is 49.2 Å². The number of hydrogen-bond donors (Lipinski definition) is 0. The molecule has 0 amide bonds. The Morgan fingerprint density at radius 3 is 2.57 bits per heavy atom. The predicted molar refractivity (Wildman–Crippen MR) is 86.7 cm³/mol. The average molecular weight is 311 g/mol. The summed E-state index contributed by atoms with van der Waals surface area (Å²) in [5.74, 6) is 6.11. The van der Waals surface area contributed by atoms with Crippen LogP contribution in [-0.2, 0) is 16.0 Å². The first-order valence-corrected chi connectivity index (χ1v) is 7.72. The van der Waals surface area contributed by atoms with E-state index in [9.17, 15) is 0 Å². The highest BCUT2D eigenvalue weighted by Gasteiger charge is 2.28. The highest BCUT2D eigenvalue weighted by Crippen LogP contribution is 2.23. The lowest BCUT2D eigenvalue weighted by Gasteiger charge is -2.34. The summed E-state index contributed by atoms with van der Waals surface area (Å²) >= 11 is 0. The zero-order valence-corrected chi connectivity index (χ0v) is 13.7. The van der Waals surface area contributed by atoms with E-state index in [0.717, 1.165) is 5.56 Å². The number of nitrogens with zero attached hydrogens (tertiary/aromatic N) is 3. The summed E-state index contributed by atoms with van der Waals surface area (Å²) in [5, 5.41) is 8.15. The second kappa shape index (κ2) is 6.53. The molecule has 5 nitrogen and oxygen atoms in total. The standard InChI is InChI=1S/C18H21N3O2/c1-14-4-6-15(7-5-14)8-9-16-10-21(20-19-16)11-17-22-12-18(2,3)13-23-17/h4-7,10,17H,11-13H2,1-3H3. The van der Waals surface area contributed by atoms with Crippen molar-refractivity contribution in [2.24, 2.45) is 5.41 Å². The molecule has 0 bridgehead atoms. The van der Waals surface area contributed by atoms with Crippen LogP contribution in [0.25, 0.3) is 0 Å². The minimum Gasteiger partial charge on any atom is -0.350 e. The molecule has 0 atom stereocenters. The number of ether oxygens (including phenoxy) is 2. The quantitative estimate of drug-likeness (QED) is 0.799. The van der Waals surface area contributed by atoms with Gasteiger partial charge in [0.2, 0.25) is 0 Å². The molecule has 1 saturated heterocycles. The molecule has 1 aliphatic heterocycles. The Labute approximate surface area is 136 Å². The molecule has 2 aromatic rings. The van der Waals surface area contributed by atoms with E-state index in [4.69, 9.17) is 9.47 Å². The SMILES string of the molecule is Cc1ccc(C#Cc2cn(CC3OCC(C)(C)CO3)nn2)cc1. The summed E-state index contributed by atoms with van der Waals surface area (Å²) in [6, 6.07) is 8.08. The first-order valence-electron chi connectivity index (χ1n) is 7.72. The number of benzene rings is 1. The fourth-order valence-corrected chi connectivity index (χ4v) is 2.20. The van der Waals surface area contributed by atoms with Crippen LogP contribution in [0.5, 0.6) is 0 Å². The molecule has 0 N–H and O–H groups in total. The molecule has 0 aliphatic carbocycles. The second-order valence-electron chi connectivity index (χ2n) is 6.66. The van der Waals surface area contributed by atoms with Crippen LogP contribution in [0, 0.1) is 24.2 Å². The third-order valence-corrected chi connectivity index (χ3v) is 3.58. The van der Waals surface area contributed by atoms with E-state index >= 15 is 0 Å². The molecule has 2 heterocycles. The monoisotopic (exact) mass is 311 g/mol. The fraction of sp³-hybridized carbons (Fsp3) is 0.444. The molecular formula is C18H21N3O2. The summed E-state index contributed by atoms with van der Waals surface area (Å²) in [7, 11) is 0. The summed E-state index contributed by atoms with van der Waals surface area (Å²) in [5.41, 5.74) is 2.90. The maximum Gasteiger partial charge on any atom is 0.177 e. The van der Waals surface area contributed by atoms with Crippen LogP contribution in [0.3, 0.4) is 0 Å². The van der Waals surface area contributed by atoms with E-state index in [1.54, 1.807) is 4.68 Å². The molecule has 1 aliphatic rings. The summed E-state index contributed by atoms with van der Waals surface area (Å²) in [6.45, 7) is 8.20. The molecule has 1 aromatic heterocycles. The van der Waals surface area contributed by atoms with E-state index in [-0.39, 0.29) is 11.7 Å². The molecule has 0 saturated carbocycles. The van der Waals surface area contributed by atoms with Crippen LogP contribution in [-0.4, -0.2) is 34.5 Å². The number of rotatable bonds is 2. The summed E-state index contributed by atoms with van der Waals surface area (Å²) < 4.78 is 13.1. The highest BCUT2D eigenvalue weighted by molar-refractivity contribution is 5.40. The minimum atomic E-state index is -0.275. The van der Waals surface area contributed by atoms with Gasteiger partial charge in [-0.3, -0.25) is 0 Å². The Morgan fingerprint density at radius 1 is 1.17 bits per heavy atom. The lowest BCUT2D eigenvalue weighted by molar-refractivity contribution is -0.227. The van der Waals surface area contributed by atoms with Crippen molar-refractivity contribution in [1.29, 1.82) is 0 Å². The minimum absolute atomic E-state index is 0.0730. The van der Waals surface area contributed by atoms with E-state index in [1.165, 1.54) is 5.56 Å². The Bertz CT molecular complexity index is 713. The van der Waals surface area contributed by atoms with Crippen LogP contribution in [0.1, 0.15) is 30.7 Å². The molecule has 3 rings (SSSR count). The van der Waals surface area contributed by atoms with Crippen molar-refractivity contribution < 1.29 is 9.47 Å². The molecule has 0 unspecified atom stereocenters. The van der Waals surface area contributed by atoms with E-state index in [0.29, 0.717) is 25.5 Å². The van der Waals surface area contributed by atoms with Crippen molar-refractivity contribution >= 4 is 0 Å². The van der Waals surface area contributed by atoms with Gasteiger partial charge in [0.25, 0.3) is 0 Å². The van der Waals surface area contributed by atoms with Gasteiger partial charge in [0, 0.05) is 11.0 Å². The third kappa shape index (κ3) is 4.41. The van der Waals surface area contributed by atoms with E-state index in [2.05, 4.69) is 42.9 Å². The smallest absolute Gasteiger partial charge is 0.177 e. The van der Waals surface area contributed by atoms with Gasteiger partial charge in [-0.05, 0) is 25.0 Å². The Balaban J connectivity index is 1.59. The van der Waals surface area contributed by atoms with E-state index < -0.39 is 0 Å². The van der Waals surface area contributed by atoms with Gasteiger partial charge < -0.3 is 9.47 Å². The van der Waals surface area contributed by atoms with Crippen molar-refractivity contribution in [2.75, 3.05) is 13.2 Å². The van der Waals surface area contributed by atoms with Gasteiger partial charge in [-0.2, -0.15) is 0 Å². The third-order valence-electron chi connectivity index (χ3n) is 3.58. The Morgan fingerprint density at radius 2 is 1.87 bits per heavy atom. The van der Waals surface area contributed by atoms with Crippen LogP contribution >= 0.6 is 0 Å². The number of aryl methyl sites for hydroxylation is 1. The molecule has 1 aromatic carbocycles. The van der Waals surface area contributed by atoms with E-state index in [1.807, 2.05) is 30.5 Å². The van der Waals surface area contributed by atoms with Crippen LogP contribution in [0.2, 0.25) is 0 Å². The van der Waals surface area contributed by atoms with Crippen molar-refractivity contribution in [2.45, 2.75) is 33.6 Å².